The third kappa shape index (κ3) is 8.28. The van der Waals surface area contributed by atoms with Gasteiger partial charge in [0.15, 0.2) is 6.29 Å². The smallest absolute Gasteiger partial charge is 0.157 e. The van der Waals surface area contributed by atoms with Crippen molar-refractivity contribution in [3.05, 3.63) is 48.0 Å². The molecule has 1 aromatic carbocycles. The van der Waals surface area contributed by atoms with E-state index in [0.717, 1.165) is 31.4 Å². The van der Waals surface area contributed by atoms with Gasteiger partial charge in [0, 0.05) is 19.6 Å². The molecule has 4 heteroatoms. The van der Waals surface area contributed by atoms with Crippen LogP contribution >= 0.6 is 0 Å². The van der Waals surface area contributed by atoms with Crippen molar-refractivity contribution in [2.45, 2.75) is 51.1 Å². The lowest BCUT2D eigenvalue weighted by molar-refractivity contribution is -0.161. The van der Waals surface area contributed by atoms with E-state index < -0.39 is 6.10 Å². The molecule has 1 aliphatic heterocycles. The molecular formula is C19H28O4. The molecule has 1 unspecified atom stereocenters. The maximum absolute atomic E-state index is 9.86. The van der Waals surface area contributed by atoms with Gasteiger partial charge in [0.2, 0.25) is 0 Å². The molecule has 1 aromatic rings. The number of aliphatic hydroxyl groups excluding tert-OH is 1. The van der Waals surface area contributed by atoms with Gasteiger partial charge in [0.1, 0.15) is 0 Å². The zero-order valence-corrected chi connectivity index (χ0v) is 13.7. The predicted octanol–water partition coefficient (Wildman–Crippen LogP) is 3.44. The molecule has 0 spiro atoms. The van der Waals surface area contributed by atoms with Crippen LogP contribution in [-0.2, 0) is 20.8 Å². The first-order valence-electron chi connectivity index (χ1n) is 8.54. The van der Waals surface area contributed by atoms with Crippen molar-refractivity contribution in [3.63, 3.8) is 0 Å². The van der Waals surface area contributed by atoms with Crippen LogP contribution in [0.2, 0.25) is 0 Å². The Labute approximate surface area is 139 Å². The summed E-state index contributed by atoms with van der Waals surface area (Å²) in [6, 6.07) is 10.0. The standard InChI is InChI=1S/C19H28O4/c20-18(12-15-21-16-17-8-2-1-3-9-17)10-4-6-13-22-19-11-5-7-14-23-19/h1-4,8-10,18-20H,5-7,11-16H2/b10-4+/t18-,19?/m0/s1. The average molecular weight is 320 g/mol. The highest BCUT2D eigenvalue weighted by molar-refractivity contribution is 5.13. The molecule has 1 N–H and O–H groups in total. The largest absolute Gasteiger partial charge is 0.389 e. The van der Waals surface area contributed by atoms with Crippen LogP contribution in [0.4, 0.5) is 0 Å². The van der Waals surface area contributed by atoms with Gasteiger partial charge < -0.3 is 19.3 Å². The second-order valence-electron chi connectivity index (χ2n) is 5.78. The van der Waals surface area contributed by atoms with Crippen LogP contribution < -0.4 is 0 Å². The minimum Gasteiger partial charge on any atom is -0.389 e. The number of hydrogen-bond donors (Lipinski definition) is 1. The van der Waals surface area contributed by atoms with E-state index in [9.17, 15) is 5.11 Å². The molecule has 0 radical (unpaired) electrons. The summed E-state index contributed by atoms with van der Waals surface area (Å²) in [5, 5.41) is 9.86. The second kappa shape index (κ2) is 11.4. The SMILES string of the molecule is O[C@@H](/C=C/CCOC1CCCCO1)CCOCc1ccccc1. The van der Waals surface area contributed by atoms with Crippen molar-refractivity contribution in [2.24, 2.45) is 0 Å². The van der Waals surface area contributed by atoms with Gasteiger partial charge in [-0.1, -0.05) is 42.5 Å². The highest BCUT2D eigenvalue weighted by Crippen LogP contribution is 2.13. The van der Waals surface area contributed by atoms with Gasteiger partial charge in [0.05, 0.1) is 19.3 Å². The molecule has 2 atom stereocenters. The zero-order valence-electron chi connectivity index (χ0n) is 13.7. The Morgan fingerprint density at radius 3 is 2.87 bits per heavy atom. The van der Waals surface area contributed by atoms with Gasteiger partial charge in [-0.25, -0.2) is 0 Å². The average Bonchev–Trinajstić information content (AvgIpc) is 2.60. The van der Waals surface area contributed by atoms with E-state index in [1.165, 1.54) is 6.42 Å². The molecule has 23 heavy (non-hydrogen) atoms. The minimum atomic E-state index is -0.461. The molecule has 128 valence electrons. The molecule has 0 aliphatic carbocycles. The molecule has 4 nitrogen and oxygen atoms in total. The first-order chi connectivity index (χ1) is 11.3. The summed E-state index contributed by atoms with van der Waals surface area (Å²) in [5.74, 6) is 0. The molecule has 0 bridgehead atoms. The Bertz CT molecular complexity index is 426. The monoisotopic (exact) mass is 320 g/mol. The van der Waals surface area contributed by atoms with E-state index in [1.54, 1.807) is 0 Å². The summed E-state index contributed by atoms with van der Waals surface area (Å²) in [7, 11) is 0. The highest BCUT2D eigenvalue weighted by atomic mass is 16.7. The van der Waals surface area contributed by atoms with E-state index in [0.29, 0.717) is 26.2 Å². The van der Waals surface area contributed by atoms with Gasteiger partial charge in [-0.3, -0.25) is 0 Å². The van der Waals surface area contributed by atoms with Crippen LogP contribution in [0.1, 0.15) is 37.7 Å². The van der Waals surface area contributed by atoms with Crippen molar-refractivity contribution in [1.29, 1.82) is 0 Å². The van der Waals surface area contributed by atoms with Crippen molar-refractivity contribution < 1.29 is 19.3 Å². The highest BCUT2D eigenvalue weighted by Gasteiger charge is 2.12. The fraction of sp³-hybridized carbons (Fsp3) is 0.579. The number of hydrogen-bond acceptors (Lipinski definition) is 4. The van der Waals surface area contributed by atoms with Crippen LogP contribution in [-0.4, -0.2) is 37.3 Å². The Morgan fingerprint density at radius 1 is 1.22 bits per heavy atom. The number of ether oxygens (including phenoxy) is 3. The summed E-state index contributed by atoms with van der Waals surface area (Å²) in [4.78, 5) is 0. The lowest BCUT2D eigenvalue weighted by Gasteiger charge is -2.22. The minimum absolute atomic E-state index is 0.0338. The number of rotatable bonds is 10. The van der Waals surface area contributed by atoms with E-state index >= 15 is 0 Å². The molecular weight excluding hydrogens is 292 g/mol. The third-order valence-corrected chi connectivity index (χ3v) is 3.75. The summed E-state index contributed by atoms with van der Waals surface area (Å²) in [5.41, 5.74) is 1.15. The van der Waals surface area contributed by atoms with Crippen LogP contribution in [0, 0.1) is 0 Å². The second-order valence-corrected chi connectivity index (χ2v) is 5.78. The molecule has 1 saturated heterocycles. The van der Waals surface area contributed by atoms with Gasteiger partial charge in [-0.15, -0.1) is 0 Å². The normalized spacial score (nSPS) is 20.0. The summed E-state index contributed by atoms with van der Waals surface area (Å²) in [6.45, 7) is 2.58. The predicted molar refractivity (Wildman–Crippen MR) is 90.0 cm³/mol. The van der Waals surface area contributed by atoms with E-state index in [2.05, 4.69) is 0 Å². The lowest BCUT2D eigenvalue weighted by atomic mass is 10.2. The lowest BCUT2D eigenvalue weighted by Crippen LogP contribution is -2.22. The molecule has 1 fully saturated rings. The van der Waals surface area contributed by atoms with E-state index in [4.69, 9.17) is 14.2 Å². The van der Waals surface area contributed by atoms with Crippen LogP contribution in [0.25, 0.3) is 0 Å². The number of benzene rings is 1. The Kier molecular flexibility index (Phi) is 8.96. The fourth-order valence-corrected chi connectivity index (χ4v) is 2.43. The summed E-state index contributed by atoms with van der Waals surface area (Å²) < 4.78 is 16.7. The zero-order chi connectivity index (χ0) is 16.2. The van der Waals surface area contributed by atoms with Crippen LogP contribution in [0.15, 0.2) is 42.5 Å². The topological polar surface area (TPSA) is 47.9 Å². The van der Waals surface area contributed by atoms with E-state index in [1.807, 2.05) is 42.5 Å². The van der Waals surface area contributed by atoms with Gasteiger partial charge in [0.25, 0.3) is 0 Å². The third-order valence-electron chi connectivity index (χ3n) is 3.75. The first-order valence-corrected chi connectivity index (χ1v) is 8.54. The van der Waals surface area contributed by atoms with Crippen LogP contribution in [0.5, 0.6) is 0 Å². The Balaban J connectivity index is 1.46. The first kappa shape index (κ1) is 18.1. The Morgan fingerprint density at radius 2 is 2.09 bits per heavy atom. The van der Waals surface area contributed by atoms with Crippen molar-refractivity contribution in [1.82, 2.24) is 0 Å². The van der Waals surface area contributed by atoms with Gasteiger partial charge in [-0.05, 0) is 31.2 Å². The number of aliphatic hydroxyl groups is 1. The van der Waals surface area contributed by atoms with Crippen molar-refractivity contribution >= 4 is 0 Å². The molecule has 0 aromatic heterocycles. The quantitative estimate of drug-likeness (QED) is 0.530. The molecule has 2 rings (SSSR count). The summed E-state index contributed by atoms with van der Waals surface area (Å²) in [6.07, 6.45) is 8.00. The van der Waals surface area contributed by atoms with Gasteiger partial charge >= 0.3 is 0 Å². The van der Waals surface area contributed by atoms with Crippen LogP contribution in [0.3, 0.4) is 0 Å². The maximum Gasteiger partial charge on any atom is 0.157 e. The molecule has 1 heterocycles. The van der Waals surface area contributed by atoms with Crippen molar-refractivity contribution in [2.75, 3.05) is 19.8 Å². The molecule has 0 amide bonds. The van der Waals surface area contributed by atoms with E-state index in [-0.39, 0.29) is 6.29 Å². The molecule has 0 saturated carbocycles. The summed E-state index contributed by atoms with van der Waals surface area (Å²) >= 11 is 0. The van der Waals surface area contributed by atoms with Gasteiger partial charge in [-0.2, -0.15) is 0 Å². The molecule has 1 aliphatic rings. The maximum atomic E-state index is 9.86. The fourth-order valence-electron chi connectivity index (χ4n) is 2.43. The van der Waals surface area contributed by atoms with Crippen molar-refractivity contribution in [3.8, 4) is 0 Å². The Hall–Kier alpha value is -1.20.